The van der Waals surface area contributed by atoms with E-state index in [1.54, 1.807) is 18.5 Å². The molecule has 0 fully saturated rings. The first kappa shape index (κ1) is 20.0. The highest BCUT2D eigenvalue weighted by atomic mass is 16.3. The van der Waals surface area contributed by atoms with Crippen LogP contribution in [0.4, 0.5) is 5.69 Å². The molecule has 162 valence electrons. The summed E-state index contributed by atoms with van der Waals surface area (Å²) in [5.74, 6) is 0. The Bertz CT molecular complexity index is 1370. The minimum absolute atomic E-state index is 0.602. The summed E-state index contributed by atoms with van der Waals surface area (Å²) < 4.78 is 5.81. The molecule has 0 aliphatic heterocycles. The van der Waals surface area contributed by atoms with Crippen LogP contribution in [0.3, 0.4) is 0 Å². The van der Waals surface area contributed by atoms with Gasteiger partial charge < -0.3 is 15.4 Å². The van der Waals surface area contributed by atoms with Crippen LogP contribution in [0.5, 0.6) is 0 Å². The number of imidazole rings is 1. The van der Waals surface area contributed by atoms with E-state index < -0.39 is 5.60 Å². The number of aromatic nitrogens is 6. The van der Waals surface area contributed by atoms with Crippen LogP contribution in [-0.4, -0.2) is 39.8 Å². The SMILES string of the molecule is CC(C)(O)CCn1cc(-c2ccc3c(c2)ncn3-c2cc(N)cc(-n3cccc3)c2)nn1. The second kappa shape index (κ2) is 7.65. The van der Waals surface area contributed by atoms with E-state index in [2.05, 4.69) is 21.4 Å². The van der Waals surface area contributed by atoms with Gasteiger partial charge in [0.25, 0.3) is 0 Å². The van der Waals surface area contributed by atoms with Crippen LogP contribution >= 0.6 is 0 Å². The molecule has 0 amide bonds. The van der Waals surface area contributed by atoms with Crippen LogP contribution in [0.2, 0.25) is 0 Å². The molecule has 5 aromatic rings. The monoisotopic (exact) mass is 427 g/mol. The van der Waals surface area contributed by atoms with E-state index in [-0.39, 0.29) is 0 Å². The lowest BCUT2D eigenvalue weighted by atomic mass is 10.1. The Balaban J connectivity index is 1.46. The van der Waals surface area contributed by atoms with Gasteiger partial charge in [0.05, 0.1) is 28.5 Å². The van der Waals surface area contributed by atoms with Gasteiger partial charge in [-0.05, 0) is 62.7 Å². The highest BCUT2D eigenvalue weighted by Gasteiger charge is 2.14. The van der Waals surface area contributed by atoms with Gasteiger partial charge in [-0.25, -0.2) is 4.98 Å². The first-order valence-electron chi connectivity index (χ1n) is 10.5. The van der Waals surface area contributed by atoms with Gasteiger partial charge in [0.15, 0.2) is 0 Å². The summed E-state index contributed by atoms with van der Waals surface area (Å²) in [7, 11) is 0. The van der Waals surface area contributed by atoms with E-state index in [1.165, 1.54) is 0 Å². The zero-order valence-corrected chi connectivity index (χ0v) is 18.1. The molecule has 0 aliphatic carbocycles. The van der Waals surface area contributed by atoms with Crippen LogP contribution in [0.1, 0.15) is 20.3 Å². The van der Waals surface area contributed by atoms with Gasteiger partial charge in [0, 0.05) is 35.9 Å². The molecule has 0 saturated heterocycles. The third kappa shape index (κ3) is 4.00. The van der Waals surface area contributed by atoms with Gasteiger partial charge in [-0.3, -0.25) is 9.25 Å². The number of fused-ring (bicyclic) bond motifs is 1. The van der Waals surface area contributed by atoms with Gasteiger partial charge in [-0.15, -0.1) is 5.10 Å². The lowest BCUT2D eigenvalue weighted by Crippen LogP contribution is -2.21. The Labute approximate surface area is 185 Å². The Morgan fingerprint density at radius 2 is 1.81 bits per heavy atom. The maximum atomic E-state index is 9.92. The Hall–Kier alpha value is -3.91. The first-order valence-corrected chi connectivity index (χ1v) is 10.5. The predicted molar refractivity (Wildman–Crippen MR) is 125 cm³/mol. The van der Waals surface area contributed by atoms with E-state index in [1.807, 2.05) is 76.5 Å². The molecule has 0 spiro atoms. The Kier molecular flexibility index (Phi) is 4.79. The molecule has 0 aliphatic rings. The van der Waals surface area contributed by atoms with E-state index in [4.69, 9.17) is 5.73 Å². The molecule has 0 radical (unpaired) electrons. The Morgan fingerprint density at radius 3 is 2.59 bits per heavy atom. The number of hydrogen-bond donors (Lipinski definition) is 2. The van der Waals surface area contributed by atoms with E-state index in [0.29, 0.717) is 18.7 Å². The van der Waals surface area contributed by atoms with Crippen molar-refractivity contribution in [3.05, 3.63) is 73.4 Å². The summed E-state index contributed by atoms with van der Waals surface area (Å²) in [5, 5.41) is 18.4. The minimum Gasteiger partial charge on any atom is -0.399 e. The number of aliphatic hydroxyl groups is 1. The van der Waals surface area contributed by atoms with Gasteiger partial charge in [-0.2, -0.15) is 0 Å². The van der Waals surface area contributed by atoms with Gasteiger partial charge in [0.1, 0.15) is 12.0 Å². The highest BCUT2D eigenvalue weighted by molar-refractivity contribution is 5.83. The summed E-state index contributed by atoms with van der Waals surface area (Å²) in [6.45, 7) is 4.18. The van der Waals surface area contributed by atoms with Crippen molar-refractivity contribution >= 4 is 16.7 Å². The molecule has 0 bridgehead atoms. The quantitative estimate of drug-likeness (QED) is 0.401. The van der Waals surface area contributed by atoms with Crippen LogP contribution in [0, 0.1) is 0 Å². The summed E-state index contributed by atoms with van der Waals surface area (Å²) in [4.78, 5) is 4.61. The molecule has 2 aromatic carbocycles. The fourth-order valence-corrected chi connectivity index (χ4v) is 3.72. The summed E-state index contributed by atoms with van der Waals surface area (Å²) >= 11 is 0. The van der Waals surface area contributed by atoms with Crippen LogP contribution in [-0.2, 0) is 6.54 Å². The number of hydrogen-bond acceptors (Lipinski definition) is 5. The zero-order chi connectivity index (χ0) is 22.3. The van der Waals surface area contributed by atoms with Crippen molar-refractivity contribution < 1.29 is 5.11 Å². The number of nitrogens with zero attached hydrogens (tertiary/aromatic N) is 6. The Morgan fingerprint density at radius 1 is 1.03 bits per heavy atom. The fourth-order valence-electron chi connectivity index (χ4n) is 3.72. The lowest BCUT2D eigenvalue weighted by molar-refractivity contribution is 0.0649. The number of benzene rings is 2. The third-order valence-electron chi connectivity index (χ3n) is 5.44. The number of nitrogen functional groups attached to an aromatic ring is 1. The molecule has 3 heterocycles. The predicted octanol–water partition coefficient (Wildman–Crippen LogP) is 3.82. The second-order valence-electron chi connectivity index (χ2n) is 8.62. The fraction of sp³-hybridized carbons (Fsp3) is 0.208. The molecule has 5 rings (SSSR count). The summed E-state index contributed by atoms with van der Waals surface area (Å²) in [6.07, 6.45) is 8.29. The van der Waals surface area contributed by atoms with Gasteiger partial charge in [0.2, 0.25) is 0 Å². The van der Waals surface area contributed by atoms with E-state index >= 15 is 0 Å². The second-order valence-corrected chi connectivity index (χ2v) is 8.62. The molecule has 8 heteroatoms. The van der Waals surface area contributed by atoms with Crippen molar-refractivity contribution in [3.63, 3.8) is 0 Å². The maximum absolute atomic E-state index is 9.92. The van der Waals surface area contributed by atoms with Crippen LogP contribution < -0.4 is 5.73 Å². The molecule has 0 unspecified atom stereocenters. The van der Waals surface area contributed by atoms with Crippen LogP contribution in [0.25, 0.3) is 33.7 Å². The molecule has 3 N–H and O–H groups in total. The minimum atomic E-state index is -0.736. The summed E-state index contributed by atoms with van der Waals surface area (Å²) in [5.41, 5.74) is 11.6. The number of nitrogens with two attached hydrogens (primary N) is 1. The van der Waals surface area contributed by atoms with Crippen molar-refractivity contribution in [2.45, 2.75) is 32.4 Å². The van der Waals surface area contributed by atoms with Crippen molar-refractivity contribution in [1.29, 1.82) is 0 Å². The topological polar surface area (TPSA) is 99.7 Å². The normalized spacial score (nSPS) is 12.0. The van der Waals surface area contributed by atoms with E-state index in [0.717, 1.165) is 33.7 Å². The largest absolute Gasteiger partial charge is 0.399 e. The first-order chi connectivity index (χ1) is 15.4. The molecule has 3 aromatic heterocycles. The average Bonchev–Trinajstić information content (AvgIpc) is 3.51. The van der Waals surface area contributed by atoms with Crippen molar-refractivity contribution in [3.8, 4) is 22.6 Å². The molecule has 32 heavy (non-hydrogen) atoms. The van der Waals surface area contributed by atoms with Gasteiger partial charge >= 0.3 is 0 Å². The highest BCUT2D eigenvalue weighted by Crippen LogP contribution is 2.26. The van der Waals surface area contributed by atoms with E-state index in [9.17, 15) is 5.11 Å². The molecular weight excluding hydrogens is 402 g/mol. The zero-order valence-electron chi connectivity index (χ0n) is 18.1. The number of aryl methyl sites for hydroxylation is 1. The van der Waals surface area contributed by atoms with Crippen molar-refractivity contribution in [1.82, 2.24) is 29.1 Å². The molecule has 0 atom stereocenters. The smallest absolute Gasteiger partial charge is 0.113 e. The van der Waals surface area contributed by atoms with Gasteiger partial charge in [-0.1, -0.05) is 11.3 Å². The number of anilines is 1. The molecule has 8 nitrogen and oxygen atoms in total. The summed E-state index contributed by atoms with van der Waals surface area (Å²) in [6, 6.07) is 16.0. The molecular formula is C24H25N7O. The van der Waals surface area contributed by atoms with Crippen molar-refractivity contribution in [2.75, 3.05) is 5.73 Å². The van der Waals surface area contributed by atoms with Crippen molar-refractivity contribution in [2.24, 2.45) is 0 Å². The average molecular weight is 428 g/mol. The standard InChI is InChI=1S/C24H25N7O/c1-24(2,32)7-10-30-15-22(27-28-30)17-5-6-23-21(11-17)26-16-31(23)20-13-18(25)12-19(14-20)29-8-3-4-9-29/h3-6,8-9,11-16,32H,7,10,25H2,1-2H3. The van der Waals surface area contributed by atoms with Crippen LogP contribution in [0.15, 0.2) is 73.4 Å². The third-order valence-corrected chi connectivity index (χ3v) is 5.44. The lowest BCUT2D eigenvalue weighted by Gasteiger charge is -2.15. The maximum Gasteiger partial charge on any atom is 0.113 e. The number of rotatable bonds is 6. The molecule has 0 saturated carbocycles.